The predicted molar refractivity (Wildman–Crippen MR) is 71.1 cm³/mol. The number of amides is 1. The van der Waals surface area contributed by atoms with Crippen LogP contribution >= 0.6 is 0 Å². The monoisotopic (exact) mass is 285 g/mol. The zero-order valence-electron chi connectivity index (χ0n) is 10.8. The van der Waals surface area contributed by atoms with Gasteiger partial charge in [-0.05, 0) is 37.7 Å². The highest BCUT2D eigenvalue weighted by atomic mass is 32.2. The Morgan fingerprint density at radius 3 is 2.53 bits per heavy atom. The van der Waals surface area contributed by atoms with E-state index in [2.05, 4.69) is 17.2 Å². The molecular formula is C12H19N3O3S. The molecular weight excluding hydrogens is 266 g/mol. The Labute approximate surface area is 112 Å². The highest BCUT2D eigenvalue weighted by Gasteiger charge is 2.21. The van der Waals surface area contributed by atoms with E-state index in [0.717, 1.165) is 25.7 Å². The molecule has 19 heavy (non-hydrogen) atoms. The third kappa shape index (κ3) is 3.57. The summed E-state index contributed by atoms with van der Waals surface area (Å²) in [6.45, 7) is 2.21. The smallest absolute Gasteiger partial charge is 0.267 e. The van der Waals surface area contributed by atoms with Crippen LogP contribution in [0.5, 0.6) is 0 Å². The van der Waals surface area contributed by atoms with E-state index in [1.807, 2.05) is 0 Å². The molecule has 0 bridgehead atoms. The lowest BCUT2D eigenvalue weighted by Gasteiger charge is -2.26. The average Bonchev–Trinajstić information content (AvgIpc) is 2.81. The minimum absolute atomic E-state index is 0.0742. The number of aromatic amines is 1. The van der Waals surface area contributed by atoms with Crippen LogP contribution in [0, 0.1) is 5.92 Å². The Hall–Kier alpha value is -1.34. The lowest BCUT2D eigenvalue weighted by atomic mass is 9.87. The third-order valence-corrected chi connectivity index (χ3v) is 4.47. The van der Waals surface area contributed by atoms with Gasteiger partial charge < -0.3 is 10.3 Å². The van der Waals surface area contributed by atoms with Crippen molar-refractivity contribution in [1.29, 1.82) is 0 Å². The van der Waals surface area contributed by atoms with Crippen molar-refractivity contribution in [2.75, 3.05) is 0 Å². The van der Waals surface area contributed by atoms with Crippen LogP contribution in [0.1, 0.15) is 43.1 Å². The fraction of sp³-hybridized carbons (Fsp3) is 0.583. The van der Waals surface area contributed by atoms with Gasteiger partial charge in [0.1, 0.15) is 5.69 Å². The number of aromatic nitrogens is 1. The molecule has 0 atom stereocenters. The van der Waals surface area contributed by atoms with Crippen molar-refractivity contribution in [3.8, 4) is 0 Å². The van der Waals surface area contributed by atoms with Gasteiger partial charge in [-0.2, -0.15) is 0 Å². The highest BCUT2D eigenvalue weighted by molar-refractivity contribution is 7.89. The van der Waals surface area contributed by atoms with Gasteiger partial charge in [0.2, 0.25) is 10.0 Å². The van der Waals surface area contributed by atoms with Gasteiger partial charge in [0.15, 0.2) is 0 Å². The number of carbonyl (C=O) groups is 1. The Bertz CT molecular complexity index is 557. The molecule has 0 aliphatic heterocycles. The average molecular weight is 285 g/mol. The summed E-state index contributed by atoms with van der Waals surface area (Å²) in [5.74, 6) is 0.432. The van der Waals surface area contributed by atoms with E-state index in [9.17, 15) is 13.2 Å². The van der Waals surface area contributed by atoms with Crippen LogP contribution in [0.25, 0.3) is 0 Å². The molecule has 1 aromatic rings. The van der Waals surface area contributed by atoms with Gasteiger partial charge >= 0.3 is 0 Å². The molecule has 2 rings (SSSR count). The first-order chi connectivity index (χ1) is 8.86. The van der Waals surface area contributed by atoms with E-state index in [0.29, 0.717) is 5.92 Å². The first kappa shape index (κ1) is 14.1. The van der Waals surface area contributed by atoms with E-state index in [-0.39, 0.29) is 22.5 Å². The van der Waals surface area contributed by atoms with Gasteiger partial charge in [-0.25, -0.2) is 13.6 Å². The maximum absolute atomic E-state index is 12.0. The van der Waals surface area contributed by atoms with Crippen molar-refractivity contribution < 1.29 is 13.2 Å². The normalized spacial score (nSPS) is 24.1. The summed E-state index contributed by atoms with van der Waals surface area (Å²) in [6, 6.07) is 1.43. The summed E-state index contributed by atoms with van der Waals surface area (Å²) in [7, 11) is -3.77. The minimum atomic E-state index is -3.77. The molecule has 4 N–H and O–H groups in total. The molecule has 1 saturated carbocycles. The van der Waals surface area contributed by atoms with E-state index in [4.69, 9.17) is 5.14 Å². The van der Waals surface area contributed by atoms with Gasteiger partial charge in [-0.1, -0.05) is 6.92 Å². The topological polar surface area (TPSA) is 105 Å². The van der Waals surface area contributed by atoms with Crippen molar-refractivity contribution in [3.63, 3.8) is 0 Å². The molecule has 1 amide bonds. The summed E-state index contributed by atoms with van der Waals surface area (Å²) >= 11 is 0. The number of nitrogens with two attached hydrogens (primary N) is 1. The Balaban J connectivity index is 1.99. The molecule has 0 radical (unpaired) electrons. The van der Waals surface area contributed by atoms with Crippen LogP contribution in [0.2, 0.25) is 0 Å². The number of H-pyrrole nitrogens is 1. The number of hydrogen-bond donors (Lipinski definition) is 3. The first-order valence-electron chi connectivity index (χ1n) is 6.38. The van der Waals surface area contributed by atoms with Crippen LogP contribution in [0.3, 0.4) is 0 Å². The van der Waals surface area contributed by atoms with E-state index in [1.165, 1.54) is 12.3 Å². The van der Waals surface area contributed by atoms with Crippen LogP contribution in [-0.4, -0.2) is 25.4 Å². The van der Waals surface area contributed by atoms with Gasteiger partial charge in [-0.3, -0.25) is 4.79 Å². The first-order valence-corrected chi connectivity index (χ1v) is 7.93. The number of rotatable bonds is 3. The molecule has 0 saturated heterocycles. The van der Waals surface area contributed by atoms with Gasteiger partial charge in [0.25, 0.3) is 5.91 Å². The van der Waals surface area contributed by atoms with Crippen molar-refractivity contribution in [3.05, 3.63) is 18.0 Å². The van der Waals surface area contributed by atoms with E-state index >= 15 is 0 Å². The molecule has 1 aromatic heterocycles. The Morgan fingerprint density at radius 2 is 2.00 bits per heavy atom. The standard InChI is InChI=1S/C12H19N3O3S/c1-8-2-4-9(5-3-8)15-12(16)11-6-10(7-14-11)19(13,17)18/h6-9,14H,2-5H2,1H3,(H,15,16)(H2,13,17,18). The highest BCUT2D eigenvalue weighted by Crippen LogP contribution is 2.23. The molecule has 0 unspecified atom stereocenters. The van der Waals surface area contributed by atoms with Gasteiger partial charge in [0.05, 0.1) is 4.90 Å². The van der Waals surface area contributed by atoms with Crippen LogP contribution in [0.4, 0.5) is 0 Å². The van der Waals surface area contributed by atoms with E-state index in [1.54, 1.807) is 0 Å². The second-order valence-corrected chi connectivity index (χ2v) is 6.79. The third-order valence-electron chi connectivity index (χ3n) is 3.58. The van der Waals surface area contributed by atoms with Gasteiger partial charge in [-0.15, -0.1) is 0 Å². The largest absolute Gasteiger partial charge is 0.356 e. The molecule has 1 heterocycles. The molecule has 7 heteroatoms. The summed E-state index contributed by atoms with van der Waals surface area (Å²) in [4.78, 5) is 14.5. The minimum Gasteiger partial charge on any atom is -0.356 e. The van der Waals surface area contributed by atoms with Crippen LogP contribution < -0.4 is 10.5 Å². The SMILES string of the molecule is CC1CCC(NC(=O)c2cc(S(N)(=O)=O)c[nH]2)CC1. The summed E-state index contributed by atoms with van der Waals surface area (Å²) in [6.07, 6.45) is 5.38. The number of hydrogen-bond acceptors (Lipinski definition) is 3. The van der Waals surface area contributed by atoms with Crippen molar-refractivity contribution in [2.45, 2.75) is 43.5 Å². The maximum atomic E-state index is 12.0. The number of nitrogens with one attached hydrogen (secondary N) is 2. The van der Waals surface area contributed by atoms with Crippen molar-refractivity contribution in [1.82, 2.24) is 10.3 Å². The van der Waals surface area contributed by atoms with Crippen LogP contribution in [-0.2, 0) is 10.0 Å². The maximum Gasteiger partial charge on any atom is 0.267 e. The summed E-state index contributed by atoms with van der Waals surface area (Å²) < 4.78 is 22.2. The summed E-state index contributed by atoms with van der Waals surface area (Å²) in [5.41, 5.74) is 0.225. The number of carbonyl (C=O) groups excluding carboxylic acids is 1. The zero-order valence-corrected chi connectivity index (χ0v) is 11.7. The Kier molecular flexibility index (Phi) is 3.96. The van der Waals surface area contributed by atoms with E-state index < -0.39 is 10.0 Å². The molecule has 1 aliphatic carbocycles. The van der Waals surface area contributed by atoms with Crippen LogP contribution in [0.15, 0.2) is 17.2 Å². The van der Waals surface area contributed by atoms with Crippen molar-refractivity contribution in [2.24, 2.45) is 11.1 Å². The van der Waals surface area contributed by atoms with Crippen molar-refractivity contribution >= 4 is 15.9 Å². The predicted octanol–water partition coefficient (Wildman–Crippen LogP) is 0.971. The molecule has 1 fully saturated rings. The second-order valence-electron chi connectivity index (χ2n) is 5.22. The number of sulfonamides is 1. The fourth-order valence-corrected chi connectivity index (χ4v) is 2.84. The number of primary sulfonamides is 1. The Morgan fingerprint density at radius 1 is 1.37 bits per heavy atom. The fourth-order valence-electron chi connectivity index (χ4n) is 2.34. The lowest BCUT2D eigenvalue weighted by molar-refractivity contribution is 0.0918. The quantitative estimate of drug-likeness (QED) is 0.770. The van der Waals surface area contributed by atoms with Gasteiger partial charge in [0, 0.05) is 12.2 Å². The molecule has 0 aromatic carbocycles. The molecule has 1 aliphatic rings. The lowest BCUT2D eigenvalue weighted by Crippen LogP contribution is -2.37. The zero-order chi connectivity index (χ0) is 14.0. The molecule has 6 nitrogen and oxygen atoms in total. The molecule has 106 valence electrons. The molecule has 0 spiro atoms. The second kappa shape index (κ2) is 5.34. The summed E-state index contributed by atoms with van der Waals surface area (Å²) in [5, 5.41) is 7.90.